The number of halogens is 3. The first-order valence-corrected chi connectivity index (χ1v) is 8.39. The Morgan fingerprint density at radius 3 is 2.23 bits per heavy atom. The zero-order valence-electron chi connectivity index (χ0n) is 15.0. The highest BCUT2D eigenvalue weighted by Crippen LogP contribution is 2.48. The molecule has 0 heterocycles. The standard InChI is InChI=1S/C16H25F3N2O5/c1-4-11(22)14(25)21-10(7-15(3)5-6-15)13(24)20-9(2)12(23)8-26-16(17,18)19/h9-11,22H,4-8H2,1-3H3,(H,20,24)(H,21,25)/t9-,10?,11+/m0/s1. The lowest BCUT2D eigenvalue weighted by atomic mass is 9.97. The first kappa shape index (κ1) is 22.4. The molecule has 1 unspecified atom stereocenters. The van der Waals surface area contributed by atoms with Gasteiger partial charge in [0.15, 0.2) is 5.78 Å². The fourth-order valence-electron chi connectivity index (χ4n) is 2.25. The molecule has 3 atom stereocenters. The molecule has 1 rings (SSSR count). The fraction of sp³-hybridized carbons (Fsp3) is 0.812. The van der Waals surface area contributed by atoms with Crippen LogP contribution in [-0.2, 0) is 19.1 Å². The topological polar surface area (TPSA) is 105 Å². The van der Waals surface area contributed by atoms with Crippen molar-refractivity contribution in [3.05, 3.63) is 0 Å². The van der Waals surface area contributed by atoms with Crippen molar-refractivity contribution in [2.24, 2.45) is 5.41 Å². The Bertz CT molecular complexity index is 534. The Morgan fingerprint density at radius 1 is 1.19 bits per heavy atom. The number of carbonyl (C=O) groups excluding carboxylic acids is 3. The van der Waals surface area contributed by atoms with E-state index in [9.17, 15) is 32.7 Å². The number of aliphatic hydroxyl groups is 1. The Kier molecular flexibility index (Phi) is 7.57. The second-order valence-corrected chi connectivity index (χ2v) is 6.93. The van der Waals surface area contributed by atoms with E-state index in [-0.39, 0.29) is 11.8 Å². The van der Waals surface area contributed by atoms with Gasteiger partial charge in [-0.3, -0.25) is 19.1 Å². The average Bonchev–Trinajstić information content (AvgIpc) is 3.27. The molecular formula is C16H25F3N2O5. The monoisotopic (exact) mass is 382 g/mol. The van der Waals surface area contributed by atoms with Crippen molar-refractivity contribution in [3.8, 4) is 0 Å². The summed E-state index contributed by atoms with van der Waals surface area (Å²) >= 11 is 0. The van der Waals surface area contributed by atoms with E-state index < -0.39 is 48.8 Å². The molecule has 0 aromatic carbocycles. The number of hydrogen-bond acceptors (Lipinski definition) is 5. The molecule has 2 amide bonds. The molecule has 1 fully saturated rings. The number of nitrogens with one attached hydrogen (secondary N) is 2. The van der Waals surface area contributed by atoms with Crippen molar-refractivity contribution in [1.29, 1.82) is 0 Å². The molecule has 1 aliphatic carbocycles. The lowest BCUT2D eigenvalue weighted by molar-refractivity contribution is -0.320. The molecule has 0 spiro atoms. The third-order valence-corrected chi connectivity index (χ3v) is 4.34. The smallest absolute Gasteiger partial charge is 0.383 e. The summed E-state index contributed by atoms with van der Waals surface area (Å²) in [5, 5.41) is 14.3. The summed E-state index contributed by atoms with van der Waals surface area (Å²) in [6.07, 6.45) is -3.99. The zero-order chi connectivity index (χ0) is 20.1. The number of aliphatic hydroxyl groups excluding tert-OH is 1. The molecule has 3 N–H and O–H groups in total. The molecule has 0 aromatic rings. The maximum Gasteiger partial charge on any atom is 0.522 e. The van der Waals surface area contributed by atoms with Crippen LogP contribution >= 0.6 is 0 Å². The first-order valence-electron chi connectivity index (χ1n) is 8.39. The Labute approximate surface area is 149 Å². The van der Waals surface area contributed by atoms with E-state index in [1.165, 1.54) is 6.92 Å². The maximum atomic E-state index is 12.4. The predicted molar refractivity (Wildman–Crippen MR) is 84.8 cm³/mol. The van der Waals surface area contributed by atoms with Gasteiger partial charge in [0.25, 0.3) is 0 Å². The van der Waals surface area contributed by atoms with Gasteiger partial charge in [-0.1, -0.05) is 13.8 Å². The number of ether oxygens (including phenoxy) is 1. The van der Waals surface area contributed by atoms with Crippen LogP contribution in [-0.4, -0.2) is 53.9 Å². The summed E-state index contributed by atoms with van der Waals surface area (Å²) in [5.41, 5.74) is -0.126. The van der Waals surface area contributed by atoms with Crippen molar-refractivity contribution < 1.29 is 37.4 Å². The predicted octanol–water partition coefficient (Wildman–Crippen LogP) is 1.04. The Morgan fingerprint density at radius 2 is 1.77 bits per heavy atom. The van der Waals surface area contributed by atoms with E-state index >= 15 is 0 Å². The molecule has 1 aliphatic rings. The van der Waals surface area contributed by atoms with Crippen molar-refractivity contribution in [2.45, 2.75) is 71.0 Å². The van der Waals surface area contributed by atoms with Crippen LogP contribution in [0.4, 0.5) is 13.2 Å². The summed E-state index contributed by atoms with van der Waals surface area (Å²) < 4.78 is 39.4. The third-order valence-electron chi connectivity index (χ3n) is 4.34. The van der Waals surface area contributed by atoms with Crippen LogP contribution in [0.5, 0.6) is 0 Å². The van der Waals surface area contributed by atoms with Crippen molar-refractivity contribution in [1.82, 2.24) is 10.6 Å². The largest absolute Gasteiger partial charge is 0.522 e. The molecule has 1 saturated carbocycles. The van der Waals surface area contributed by atoms with Crippen LogP contribution in [0.15, 0.2) is 0 Å². The second-order valence-electron chi connectivity index (χ2n) is 6.93. The van der Waals surface area contributed by atoms with E-state index in [0.717, 1.165) is 12.8 Å². The van der Waals surface area contributed by atoms with Gasteiger partial charge in [0.1, 0.15) is 18.8 Å². The molecule has 0 radical (unpaired) electrons. The van der Waals surface area contributed by atoms with Gasteiger partial charge < -0.3 is 15.7 Å². The molecule has 0 aromatic heterocycles. The molecule has 26 heavy (non-hydrogen) atoms. The lowest BCUT2D eigenvalue weighted by Crippen LogP contribution is -2.53. The van der Waals surface area contributed by atoms with Gasteiger partial charge in [-0.2, -0.15) is 0 Å². The molecule has 7 nitrogen and oxygen atoms in total. The lowest BCUT2D eigenvalue weighted by Gasteiger charge is -2.24. The van der Waals surface area contributed by atoms with Gasteiger partial charge in [-0.05, 0) is 38.0 Å². The average molecular weight is 382 g/mol. The number of alkyl halides is 3. The van der Waals surface area contributed by atoms with Crippen LogP contribution < -0.4 is 10.6 Å². The fourth-order valence-corrected chi connectivity index (χ4v) is 2.25. The van der Waals surface area contributed by atoms with Crippen LogP contribution in [0.25, 0.3) is 0 Å². The van der Waals surface area contributed by atoms with Crippen molar-refractivity contribution in [3.63, 3.8) is 0 Å². The van der Waals surface area contributed by atoms with Gasteiger partial charge in [-0.15, -0.1) is 13.2 Å². The minimum atomic E-state index is -4.94. The van der Waals surface area contributed by atoms with Gasteiger partial charge in [0.05, 0.1) is 6.04 Å². The number of rotatable bonds is 10. The van der Waals surface area contributed by atoms with E-state index in [0.29, 0.717) is 6.42 Å². The Hall–Kier alpha value is -1.68. The minimum absolute atomic E-state index is 0.126. The van der Waals surface area contributed by atoms with E-state index in [1.54, 1.807) is 6.92 Å². The molecule has 150 valence electrons. The molecule has 0 saturated heterocycles. The van der Waals surface area contributed by atoms with Crippen LogP contribution in [0.3, 0.4) is 0 Å². The molecule has 0 aliphatic heterocycles. The van der Waals surface area contributed by atoms with E-state index in [2.05, 4.69) is 15.4 Å². The van der Waals surface area contributed by atoms with Crippen LogP contribution in [0.2, 0.25) is 0 Å². The number of Topliss-reactive ketones (excluding diaryl/α,β-unsaturated/α-hetero) is 1. The highest BCUT2D eigenvalue weighted by atomic mass is 19.4. The van der Waals surface area contributed by atoms with Gasteiger partial charge in [0.2, 0.25) is 11.8 Å². The summed E-state index contributed by atoms with van der Waals surface area (Å²) in [4.78, 5) is 35.9. The first-order chi connectivity index (χ1) is 11.9. The highest BCUT2D eigenvalue weighted by Gasteiger charge is 2.42. The summed E-state index contributed by atoms with van der Waals surface area (Å²) in [5.74, 6) is -2.36. The van der Waals surface area contributed by atoms with E-state index in [1.807, 2.05) is 6.92 Å². The third kappa shape index (κ3) is 7.69. The quantitative estimate of drug-likeness (QED) is 0.524. The van der Waals surface area contributed by atoms with E-state index in [4.69, 9.17) is 0 Å². The molecular weight excluding hydrogens is 357 g/mol. The zero-order valence-corrected chi connectivity index (χ0v) is 15.0. The number of carbonyl (C=O) groups is 3. The summed E-state index contributed by atoms with van der Waals surface area (Å²) in [6.45, 7) is 3.55. The molecule has 10 heteroatoms. The summed E-state index contributed by atoms with van der Waals surface area (Å²) in [7, 11) is 0. The van der Waals surface area contributed by atoms with Gasteiger partial charge in [0, 0.05) is 0 Å². The SMILES string of the molecule is CC[C@@H](O)C(=O)NC(CC1(C)CC1)C(=O)N[C@@H](C)C(=O)COC(F)(F)F. The maximum absolute atomic E-state index is 12.4. The van der Waals surface area contributed by atoms with Crippen LogP contribution in [0.1, 0.15) is 46.5 Å². The van der Waals surface area contributed by atoms with Crippen molar-refractivity contribution >= 4 is 17.6 Å². The number of hydrogen-bond donors (Lipinski definition) is 3. The molecule has 0 bridgehead atoms. The number of amides is 2. The normalized spacial score (nSPS) is 19.2. The van der Waals surface area contributed by atoms with Crippen LogP contribution in [0, 0.1) is 5.41 Å². The van der Waals surface area contributed by atoms with Crippen molar-refractivity contribution in [2.75, 3.05) is 6.61 Å². The number of ketones is 1. The van der Waals surface area contributed by atoms with Gasteiger partial charge >= 0.3 is 6.36 Å². The minimum Gasteiger partial charge on any atom is -0.383 e. The Balaban J connectivity index is 2.66. The second kappa shape index (κ2) is 8.81. The summed E-state index contributed by atoms with van der Waals surface area (Å²) in [6, 6.07) is -2.21. The highest BCUT2D eigenvalue weighted by molar-refractivity contribution is 5.93. The van der Waals surface area contributed by atoms with Gasteiger partial charge in [-0.25, -0.2) is 0 Å².